The van der Waals surface area contributed by atoms with Crippen molar-refractivity contribution >= 4 is 5.91 Å². The van der Waals surface area contributed by atoms with Gasteiger partial charge in [-0.3, -0.25) is 9.48 Å². The number of aromatic nitrogens is 2. The van der Waals surface area contributed by atoms with Gasteiger partial charge in [0.25, 0.3) is 5.91 Å². The van der Waals surface area contributed by atoms with Crippen LogP contribution in [0.25, 0.3) is 0 Å². The van der Waals surface area contributed by atoms with E-state index in [2.05, 4.69) is 17.3 Å². The molecule has 128 valence electrons. The molecular formula is C17H27N3O3. The maximum absolute atomic E-state index is 12.6. The zero-order valence-electron chi connectivity index (χ0n) is 14.1. The van der Waals surface area contributed by atoms with Crippen LogP contribution in [0.3, 0.4) is 0 Å². The summed E-state index contributed by atoms with van der Waals surface area (Å²) in [6.07, 6.45) is 6.12. The minimum Gasteiger partial charge on any atom is -0.379 e. The summed E-state index contributed by atoms with van der Waals surface area (Å²) in [5.74, 6) is 0.652. The average molecular weight is 321 g/mol. The summed E-state index contributed by atoms with van der Waals surface area (Å²) in [6.45, 7) is 6.83. The number of hydrogen-bond donors (Lipinski definition) is 1. The molecule has 2 atom stereocenters. The van der Waals surface area contributed by atoms with Gasteiger partial charge in [-0.1, -0.05) is 6.92 Å². The van der Waals surface area contributed by atoms with Crippen LogP contribution in [0, 0.1) is 12.8 Å². The molecule has 0 radical (unpaired) electrons. The second-order valence-electron chi connectivity index (χ2n) is 6.65. The van der Waals surface area contributed by atoms with Gasteiger partial charge in [0.1, 0.15) is 6.10 Å². The molecular weight excluding hydrogens is 294 g/mol. The molecule has 6 nitrogen and oxygen atoms in total. The largest absolute Gasteiger partial charge is 0.379 e. The second-order valence-corrected chi connectivity index (χ2v) is 6.65. The molecule has 1 aliphatic heterocycles. The van der Waals surface area contributed by atoms with Crippen molar-refractivity contribution in [1.82, 2.24) is 15.1 Å². The SMILES string of the molecule is CCCn1cc(C(=O)N[C@@H]2CCOC[C@H]2OCC2CC2)c(C)n1. The summed E-state index contributed by atoms with van der Waals surface area (Å²) in [7, 11) is 0. The third kappa shape index (κ3) is 4.32. The number of hydrogen-bond acceptors (Lipinski definition) is 4. The summed E-state index contributed by atoms with van der Waals surface area (Å²) < 4.78 is 13.3. The number of aryl methyl sites for hydroxylation is 2. The highest BCUT2D eigenvalue weighted by atomic mass is 16.5. The highest BCUT2D eigenvalue weighted by molar-refractivity contribution is 5.95. The summed E-state index contributed by atoms with van der Waals surface area (Å²) >= 11 is 0. The molecule has 2 fully saturated rings. The van der Waals surface area contributed by atoms with Crippen molar-refractivity contribution < 1.29 is 14.3 Å². The molecule has 1 aliphatic carbocycles. The van der Waals surface area contributed by atoms with Crippen LogP contribution < -0.4 is 5.32 Å². The first-order valence-electron chi connectivity index (χ1n) is 8.71. The fourth-order valence-electron chi connectivity index (χ4n) is 2.92. The Bertz CT molecular complexity index is 539. The maximum Gasteiger partial charge on any atom is 0.255 e. The van der Waals surface area contributed by atoms with Crippen LogP contribution in [0.15, 0.2) is 6.20 Å². The number of nitrogens with one attached hydrogen (secondary N) is 1. The molecule has 6 heteroatoms. The van der Waals surface area contributed by atoms with E-state index in [-0.39, 0.29) is 18.1 Å². The Morgan fingerprint density at radius 2 is 2.30 bits per heavy atom. The van der Waals surface area contributed by atoms with Crippen LogP contribution in [0.4, 0.5) is 0 Å². The molecule has 0 spiro atoms. The number of nitrogens with zero attached hydrogens (tertiary/aromatic N) is 2. The molecule has 1 amide bonds. The Morgan fingerprint density at radius 3 is 3.04 bits per heavy atom. The van der Waals surface area contributed by atoms with E-state index in [9.17, 15) is 4.79 Å². The Kier molecular flexibility index (Phi) is 5.33. The first-order chi connectivity index (χ1) is 11.2. The number of rotatable bonds is 7. The second kappa shape index (κ2) is 7.45. The van der Waals surface area contributed by atoms with Crippen LogP contribution in [0.2, 0.25) is 0 Å². The smallest absolute Gasteiger partial charge is 0.255 e. The van der Waals surface area contributed by atoms with Crippen LogP contribution >= 0.6 is 0 Å². The van der Waals surface area contributed by atoms with Gasteiger partial charge in [0, 0.05) is 26.0 Å². The maximum atomic E-state index is 12.6. The molecule has 1 aromatic rings. The van der Waals surface area contributed by atoms with Crippen molar-refractivity contribution in [3.8, 4) is 0 Å². The predicted molar refractivity (Wildman–Crippen MR) is 86.4 cm³/mol. The normalized spacial score (nSPS) is 24.6. The standard InChI is InChI=1S/C17H27N3O3/c1-3-7-20-9-14(12(2)19-20)17(21)18-15-6-8-22-11-16(15)23-10-13-4-5-13/h9,13,15-16H,3-8,10-11H2,1-2H3,(H,18,21)/t15-,16-/m1/s1. The number of carbonyl (C=O) groups is 1. The summed E-state index contributed by atoms with van der Waals surface area (Å²) in [5.41, 5.74) is 1.43. The number of carbonyl (C=O) groups excluding carboxylic acids is 1. The zero-order chi connectivity index (χ0) is 16.2. The van der Waals surface area contributed by atoms with Gasteiger partial charge in [-0.25, -0.2) is 0 Å². The Morgan fingerprint density at radius 1 is 1.48 bits per heavy atom. The Hall–Kier alpha value is -1.40. The highest BCUT2D eigenvalue weighted by Gasteiger charge is 2.31. The number of ether oxygens (including phenoxy) is 2. The molecule has 1 saturated carbocycles. The lowest BCUT2D eigenvalue weighted by molar-refractivity contribution is -0.0697. The van der Waals surface area contributed by atoms with Crippen molar-refractivity contribution in [3.05, 3.63) is 17.5 Å². The van der Waals surface area contributed by atoms with Gasteiger partial charge in [0.15, 0.2) is 0 Å². The van der Waals surface area contributed by atoms with Gasteiger partial charge in [0.05, 0.1) is 23.9 Å². The third-order valence-electron chi connectivity index (χ3n) is 4.51. The first kappa shape index (κ1) is 16.5. The molecule has 2 aliphatic rings. The van der Waals surface area contributed by atoms with Crippen molar-refractivity contribution in [2.75, 3.05) is 19.8 Å². The first-order valence-corrected chi connectivity index (χ1v) is 8.71. The predicted octanol–water partition coefficient (Wildman–Crippen LogP) is 1.92. The Labute approximate surface area is 137 Å². The van der Waals surface area contributed by atoms with Gasteiger partial charge in [0.2, 0.25) is 0 Å². The monoisotopic (exact) mass is 321 g/mol. The van der Waals surface area contributed by atoms with E-state index in [1.54, 1.807) is 0 Å². The van der Waals surface area contributed by atoms with Crippen LogP contribution in [0.5, 0.6) is 0 Å². The third-order valence-corrected chi connectivity index (χ3v) is 4.51. The van der Waals surface area contributed by atoms with Crippen molar-refractivity contribution in [1.29, 1.82) is 0 Å². The van der Waals surface area contributed by atoms with Crippen LogP contribution in [-0.2, 0) is 16.0 Å². The van der Waals surface area contributed by atoms with Gasteiger partial charge in [-0.15, -0.1) is 0 Å². The van der Waals surface area contributed by atoms with Gasteiger partial charge in [-0.05, 0) is 38.5 Å². The van der Waals surface area contributed by atoms with Crippen molar-refractivity contribution in [3.63, 3.8) is 0 Å². The highest BCUT2D eigenvalue weighted by Crippen LogP contribution is 2.29. The van der Waals surface area contributed by atoms with Crippen molar-refractivity contribution in [2.45, 2.75) is 58.2 Å². The summed E-state index contributed by atoms with van der Waals surface area (Å²) in [5, 5.41) is 7.53. The molecule has 0 bridgehead atoms. The van der Waals surface area contributed by atoms with E-state index < -0.39 is 0 Å². The van der Waals surface area contributed by atoms with Gasteiger partial charge < -0.3 is 14.8 Å². The van der Waals surface area contributed by atoms with Crippen LogP contribution in [0.1, 0.15) is 48.7 Å². The minimum atomic E-state index is -0.0585. The van der Waals surface area contributed by atoms with Crippen LogP contribution in [-0.4, -0.2) is 47.7 Å². The molecule has 0 unspecified atom stereocenters. The van der Waals surface area contributed by atoms with Gasteiger partial charge in [-0.2, -0.15) is 5.10 Å². The topological polar surface area (TPSA) is 65.4 Å². The van der Waals surface area contributed by atoms with Gasteiger partial charge >= 0.3 is 0 Å². The van der Waals surface area contributed by atoms with E-state index in [1.165, 1.54) is 12.8 Å². The van der Waals surface area contributed by atoms with E-state index in [1.807, 2.05) is 17.8 Å². The quantitative estimate of drug-likeness (QED) is 0.833. The fraction of sp³-hybridized carbons (Fsp3) is 0.765. The molecule has 1 N–H and O–H groups in total. The molecule has 1 saturated heterocycles. The van der Waals surface area contributed by atoms with Crippen molar-refractivity contribution in [2.24, 2.45) is 5.92 Å². The molecule has 2 heterocycles. The van der Waals surface area contributed by atoms with E-state index in [0.717, 1.165) is 31.7 Å². The van der Waals surface area contributed by atoms with E-state index >= 15 is 0 Å². The average Bonchev–Trinajstić information content (AvgIpc) is 3.29. The summed E-state index contributed by atoms with van der Waals surface area (Å²) in [6, 6.07) is 0.0175. The van der Waals surface area contributed by atoms with E-state index in [0.29, 0.717) is 24.7 Å². The lowest BCUT2D eigenvalue weighted by Gasteiger charge is -2.32. The molecule has 1 aromatic heterocycles. The minimum absolute atomic E-state index is 0.0175. The molecule has 23 heavy (non-hydrogen) atoms. The lowest BCUT2D eigenvalue weighted by Crippen LogP contribution is -2.50. The molecule has 0 aromatic carbocycles. The fourth-order valence-corrected chi connectivity index (χ4v) is 2.92. The number of amides is 1. The zero-order valence-corrected chi connectivity index (χ0v) is 14.1. The summed E-state index contributed by atoms with van der Waals surface area (Å²) in [4.78, 5) is 12.6. The lowest BCUT2D eigenvalue weighted by atomic mass is 10.1. The Balaban J connectivity index is 1.59. The molecule has 3 rings (SSSR count). The van der Waals surface area contributed by atoms with E-state index in [4.69, 9.17) is 9.47 Å².